The number of alkyl halides is 4. The van der Waals surface area contributed by atoms with Crippen molar-refractivity contribution in [3.8, 4) is 5.75 Å². The molecule has 0 spiro atoms. The van der Waals surface area contributed by atoms with Gasteiger partial charge in [0.25, 0.3) is 0 Å². The molecule has 0 aromatic heterocycles. The van der Waals surface area contributed by atoms with Crippen molar-refractivity contribution in [1.82, 2.24) is 0 Å². The minimum Gasteiger partial charge on any atom is -0.429 e. The summed E-state index contributed by atoms with van der Waals surface area (Å²) in [6.45, 7) is 4.33. The van der Waals surface area contributed by atoms with E-state index < -0.39 is 47.2 Å². The quantitative estimate of drug-likeness (QED) is 0.215. The van der Waals surface area contributed by atoms with E-state index >= 15 is 0 Å². The van der Waals surface area contributed by atoms with Gasteiger partial charge in [-0.3, -0.25) is 0 Å². The van der Waals surface area contributed by atoms with Crippen LogP contribution in [0.3, 0.4) is 0 Å². The van der Waals surface area contributed by atoms with Crippen molar-refractivity contribution in [2.45, 2.75) is 102 Å². The van der Waals surface area contributed by atoms with E-state index in [1.165, 1.54) is 0 Å². The van der Waals surface area contributed by atoms with Gasteiger partial charge in [0.1, 0.15) is 0 Å². The van der Waals surface area contributed by atoms with Gasteiger partial charge in [-0.1, -0.05) is 19.1 Å². The van der Waals surface area contributed by atoms with Crippen LogP contribution in [0.15, 0.2) is 24.3 Å². The minimum atomic E-state index is -4.11. The number of benzene rings is 1. The van der Waals surface area contributed by atoms with Gasteiger partial charge in [-0.25, -0.2) is 4.39 Å². The molecule has 0 amide bonds. The van der Waals surface area contributed by atoms with Crippen LogP contribution in [0.2, 0.25) is 0 Å². The van der Waals surface area contributed by atoms with Crippen LogP contribution < -0.4 is 4.74 Å². The topological polar surface area (TPSA) is 27.7 Å². The lowest BCUT2D eigenvalue weighted by Crippen LogP contribution is -2.38. The Labute approximate surface area is 209 Å². The Morgan fingerprint density at radius 2 is 1.47 bits per heavy atom. The summed E-state index contributed by atoms with van der Waals surface area (Å²) in [6, 6.07) is 1.17. The molecule has 204 valence electrons. The largest absolute Gasteiger partial charge is 0.429 e. The highest BCUT2D eigenvalue weighted by Gasteiger charge is 2.46. The Hall–Kier alpha value is -1.74. The van der Waals surface area contributed by atoms with Crippen LogP contribution in [-0.2, 0) is 15.6 Å². The highest BCUT2D eigenvalue weighted by Crippen LogP contribution is 2.42. The van der Waals surface area contributed by atoms with Crippen LogP contribution in [0.5, 0.6) is 5.75 Å². The lowest BCUT2D eigenvalue weighted by Gasteiger charge is -2.33. The summed E-state index contributed by atoms with van der Waals surface area (Å²) in [4.78, 5) is 0. The van der Waals surface area contributed by atoms with Crippen LogP contribution in [-0.4, -0.2) is 24.9 Å². The van der Waals surface area contributed by atoms with Gasteiger partial charge in [0.15, 0.2) is 11.6 Å². The number of hydrogen-bond donors (Lipinski definition) is 0. The molecule has 1 aromatic carbocycles. The van der Waals surface area contributed by atoms with Gasteiger partial charge in [-0.15, -0.1) is 0 Å². The first-order valence-electron chi connectivity index (χ1n) is 12.9. The van der Waals surface area contributed by atoms with E-state index in [4.69, 9.17) is 9.47 Å². The SMILES string of the molecule is CC/C=C\CC1CCC(OC(F)(F)c2ccc(OC(F)(F)C3CCC(OCC)CC3)c(F)c2F)CC1. The molecule has 0 atom stereocenters. The van der Waals surface area contributed by atoms with E-state index in [0.717, 1.165) is 12.8 Å². The lowest BCUT2D eigenvalue weighted by atomic mass is 9.85. The molecule has 1 aromatic rings. The Morgan fingerprint density at radius 1 is 0.833 bits per heavy atom. The third-order valence-electron chi connectivity index (χ3n) is 7.14. The molecule has 0 unspecified atom stereocenters. The van der Waals surface area contributed by atoms with E-state index in [1.54, 1.807) is 0 Å². The second kappa shape index (κ2) is 12.7. The number of rotatable bonds is 11. The van der Waals surface area contributed by atoms with E-state index in [9.17, 15) is 26.3 Å². The number of ether oxygens (including phenoxy) is 3. The number of hydrogen-bond acceptors (Lipinski definition) is 3. The smallest absolute Gasteiger partial charge is 0.400 e. The van der Waals surface area contributed by atoms with Gasteiger partial charge in [0, 0.05) is 6.61 Å². The standard InChI is InChI=1S/C27H36F6O3/c1-3-5-6-7-18-8-12-21(13-9-18)35-27(32,33)22-16-17-23(25(29)24(22)28)36-26(30,31)19-10-14-20(15-11-19)34-4-2/h5-6,16-21H,3-4,7-15H2,1-2H3/b6-5-. The summed E-state index contributed by atoms with van der Waals surface area (Å²) in [7, 11) is 0. The van der Waals surface area contributed by atoms with Gasteiger partial charge >= 0.3 is 12.2 Å². The Balaban J connectivity index is 1.61. The van der Waals surface area contributed by atoms with Crippen molar-refractivity contribution in [3.63, 3.8) is 0 Å². The van der Waals surface area contributed by atoms with Crippen molar-refractivity contribution < 1.29 is 40.6 Å². The monoisotopic (exact) mass is 522 g/mol. The van der Waals surface area contributed by atoms with Crippen molar-refractivity contribution in [3.05, 3.63) is 41.5 Å². The second-order valence-electron chi connectivity index (χ2n) is 9.72. The molecule has 2 fully saturated rings. The van der Waals surface area contributed by atoms with E-state index in [0.29, 0.717) is 63.2 Å². The molecule has 3 rings (SSSR count). The number of allylic oxidation sites excluding steroid dienone is 2. The molecule has 9 heteroatoms. The average molecular weight is 523 g/mol. The Kier molecular flexibility index (Phi) is 10.1. The van der Waals surface area contributed by atoms with Crippen molar-refractivity contribution >= 4 is 0 Å². The summed E-state index contributed by atoms with van der Waals surface area (Å²) in [5.41, 5.74) is -1.33. The summed E-state index contributed by atoms with van der Waals surface area (Å²) >= 11 is 0. The zero-order valence-electron chi connectivity index (χ0n) is 20.9. The third-order valence-corrected chi connectivity index (χ3v) is 7.14. The first kappa shape index (κ1) is 28.8. The molecule has 3 nitrogen and oxygen atoms in total. The lowest BCUT2D eigenvalue weighted by molar-refractivity contribution is -0.279. The fourth-order valence-electron chi connectivity index (χ4n) is 5.08. The maximum atomic E-state index is 14.7. The summed E-state index contributed by atoms with van der Waals surface area (Å²) < 4.78 is 103. The third kappa shape index (κ3) is 7.40. The molecule has 2 aliphatic carbocycles. The first-order chi connectivity index (χ1) is 17.1. The summed E-state index contributed by atoms with van der Waals surface area (Å²) in [5.74, 6) is -5.78. The molecular weight excluding hydrogens is 486 g/mol. The van der Waals surface area contributed by atoms with Crippen molar-refractivity contribution in [2.24, 2.45) is 11.8 Å². The number of halogens is 6. The molecule has 36 heavy (non-hydrogen) atoms. The maximum Gasteiger partial charge on any atom is 0.400 e. The van der Waals surface area contributed by atoms with Crippen LogP contribution in [0.1, 0.15) is 83.6 Å². The molecule has 0 heterocycles. The molecule has 0 aliphatic heterocycles. The van der Waals surface area contributed by atoms with Gasteiger partial charge in [-0.05, 0) is 89.2 Å². The second-order valence-corrected chi connectivity index (χ2v) is 9.72. The molecule has 2 aliphatic rings. The van der Waals surface area contributed by atoms with Gasteiger partial charge in [0.05, 0.1) is 23.7 Å². The van der Waals surface area contributed by atoms with Crippen LogP contribution in [0.4, 0.5) is 26.3 Å². The van der Waals surface area contributed by atoms with Crippen LogP contribution in [0.25, 0.3) is 0 Å². The molecule has 0 N–H and O–H groups in total. The van der Waals surface area contributed by atoms with E-state index in [1.807, 2.05) is 13.8 Å². The zero-order chi connectivity index (χ0) is 26.3. The molecule has 0 bridgehead atoms. The van der Waals surface area contributed by atoms with Gasteiger partial charge < -0.3 is 14.2 Å². The average Bonchev–Trinajstić information content (AvgIpc) is 2.83. The van der Waals surface area contributed by atoms with Gasteiger partial charge in [0.2, 0.25) is 5.82 Å². The molecule has 0 radical (unpaired) electrons. The van der Waals surface area contributed by atoms with Crippen LogP contribution in [0, 0.1) is 23.5 Å². The fourth-order valence-corrected chi connectivity index (χ4v) is 5.08. The minimum absolute atomic E-state index is 0.0862. The van der Waals surface area contributed by atoms with Crippen molar-refractivity contribution in [1.29, 1.82) is 0 Å². The van der Waals surface area contributed by atoms with E-state index in [2.05, 4.69) is 16.9 Å². The Bertz CT molecular complexity index is 859. The predicted molar refractivity (Wildman–Crippen MR) is 124 cm³/mol. The zero-order valence-corrected chi connectivity index (χ0v) is 20.9. The van der Waals surface area contributed by atoms with E-state index in [-0.39, 0.29) is 18.9 Å². The highest BCUT2D eigenvalue weighted by atomic mass is 19.3. The first-order valence-corrected chi connectivity index (χ1v) is 12.9. The normalized spacial score (nSPS) is 25.9. The molecule has 2 saturated carbocycles. The van der Waals surface area contributed by atoms with Crippen LogP contribution >= 0.6 is 0 Å². The summed E-state index contributed by atoms with van der Waals surface area (Å²) in [6.07, 6.45) is 0.245. The Morgan fingerprint density at radius 3 is 2.08 bits per heavy atom. The molecular formula is C27H36F6O3. The van der Waals surface area contributed by atoms with Gasteiger partial charge in [-0.2, -0.15) is 22.0 Å². The highest BCUT2D eigenvalue weighted by molar-refractivity contribution is 5.33. The maximum absolute atomic E-state index is 14.7. The summed E-state index contributed by atoms with van der Waals surface area (Å²) in [5, 5.41) is 0. The fraction of sp³-hybridized carbons (Fsp3) is 0.704. The molecule has 0 saturated heterocycles. The predicted octanol–water partition coefficient (Wildman–Crippen LogP) is 8.51. The van der Waals surface area contributed by atoms with Crippen molar-refractivity contribution in [2.75, 3.05) is 6.61 Å².